The van der Waals surface area contributed by atoms with Gasteiger partial charge in [0.1, 0.15) is 0 Å². The average Bonchev–Trinajstić information content (AvgIpc) is 3.18. The van der Waals surface area contributed by atoms with E-state index >= 15 is 0 Å². The Balaban J connectivity index is 0.00000280. The van der Waals surface area contributed by atoms with Crippen molar-refractivity contribution < 1.29 is 4.52 Å². The molecule has 8 heteroatoms. The Bertz CT molecular complexity index is 591. The smallest absolute Gasteiger partial charge is 0.228 e. The Kier molecular flexibility index (Phi) is 9.98. The molecule has 160 valence electrons. The first-order valence-electron chi connectivity index (χ1n) is 10.7. The molecule has 2 N–H and O–H groups in total. The molecule has 1 saturated carbocycles. The van der Waals surface area contributed by atoms with Crippen molar-refractivity contribution in [3.05, 3.63) is 11.7 Å². The fourth-order valence-electron chi connectivity index (χ4n) is 4.14. The third-order valence-electron chi connectivity index (χ3n) is 5.82. The van der Waals surface area contributed by atoms with Gasteiger partial charge in [0, 0.05) is 51.1 Å². The lowest BCUT2D eigenvalue weighted by Gasteiger charge is -2.39. The van der Waals surface area contributed by atoms with E-state index in [1.165, 1.54) is 58.0 Å². The van der Waals surface area contributed by atoms with Gasteiger partial charge in [0.25, 0.3) is 0 Å². The molecule has 1 aliphatic heterocycles. The fourth-order valence-corrected chi connectivity index (χ4v) is 4.14. The summed E-state index contributed by atoms with van der Waals surface area (Å²) >= 11 is 0. The summed E-state index contributed by atoms with van der Waals surface area (Å²) in [4.78, 5) is 11.5. The first kappa shape index (κ1) is 23.4. The second-order valence-electron chi connectivity index (χ2n) is 8.20. The Morgan fingerprint density at radius 2 is 1.89 bits per heavy atom. The summed E-state index contributed by atoms with van der Waals surface area (Å²) < 4.78 is 5.29. The number of aromatic nitrogens is 2. The van der Waals surface area contributed by atoms with E-state index in [-0.39, 0.29) is 24.0 Å². The van der Waals surface area contributed by atoms with Crippen molar-refractivity contribution in [1.29, 1.82) is 0 Å². The summed E-state index contributed by atoms with van der Waals surface area (Å²) in [6, 6.07) is 1.34. The minimum absolute atomic E-state index is 0. The molecule has 0 radical (unpaired) electrons. The summed E-state index contributed by atoms with van der Waals surface area (Å²) in [6.07, 6.45) is 10.2. The lowest BCUT2D eigenvalue weighted by Crippen LogP contribution is -2.51. The van der Waals surface area contributed by atoms with Crippen LogP contribution < -0.4 is 10.6 Å². The van der Waals surface area contributed by atoms with Crippen LogP contribution in [0.4, 0.5) is 0 Å². The highest BCUT2D eigenvalue weighted by atomic mass is 127. The molecule has 1 aromatic heterocycles. The standard InChI is InChI=1S/C20H36N6O.HI/c1-15(2)19-24-18(27-25-19)9-12-22-20(21-3)23-16-10-13-26(14-11-16)17-7-5-4-6-8-17;/h15-17H,4-14H2,1-3H3,(H2,21,22,23);1H. The molecule has 2 fully saturated rings. The van der Waals surface area contributed by atoms with E-state index in [0.717, 1.165) is 24.4 Å². The van der Waals surface area contributed by atoms with Crippen LogP contribution in [0.5, 0.6) is 0 Å². The number of likely N-dealkylation sites (tertiary alicyclic amines) is 1. The lowest BCUT2D eigenvalue weighted by molar-refractivity contribution is 0.119. The van der Waals surface area contributed by atoms with Crippen molar-refractivity contribution >= 4 is 29.9 Å². The summed E-state index contributed by atoms with van der Waals surface area (Å²) in [6.45, 7) is 7.29. The van der Waals surface area contributed by atoms with Gasteiger partial charge >= 0.3 is 0 Å². The molecule has 1 saturated heterocycles. The van der Waals surface area contributed by atoms with E-state index in [1.54, 1.807) is 0 Å². The molecule has 28 heavy (non-hydrogen) atoms. The normalized spacial score (nSPS) is 20.2. The predicted molar refractivity (Wildman–Crippen MR) is 123 cm³/mol. The minimum Gasteiger partial charge on any atom is -0.356 e. The predicted octanol–water partition coefficient (Wildman–Crippen LogP) is 3.32. The highest BCUT2D eigenvalue weighted by molar-refractivity contribution is 14.0. The molecule has 0 atom stereocenters. The summed E-state index contributed by atoms with van der Waals surface area (Å²) in [5, 5.41) is 11.0. The van der Waals surface area contributed by atoms with E-state index in [9.17, 15) is 0 Å². The van der Waals surface area contributed by atoms with Gasteiger partial charge in [-0.05, 0) is 25.7 Å². The van der Waals surface area contributed by atoms with Gasteiger partial charge in [0.2, 0.25) is 5.89 Å². The van der Waals surface area contributed by atoms with Gasteiger partial charge in [-0.15, -0.1) is 24.0 Å². The Morgan fingerprint density at radius 3 is 2.50 bits per heavy atom. The molecule has 3 rings (SSSR count). The Hall–Kier alpha value is -0.900. The minimum atomic E-state index is 0. The van der Waals surface area contributed by atoms with E-state index in [1.807, 2.05) is 7.05 Å². The molecular weight excluding hydrogens is 467 g/mol. The van der Waals surface area contributed by atoms with Gasteiger partial charge in [-0.1, -0.05) is 38.3 Å². The number of halogens is 1. The van der Waals surface area contributed by atoms with Crippen molar-refractivity contribution in [2.75, 3.05) is 26.7 Å². The van der Waals surface area contributed by atoms with E-state index in [0.29, 0.717) is 24.3 Å². The zero-order chi connectivity index (χ0) is 19.1. The van der Waals surface area contributed by atoms with Crippen LogP contribution in [0.3, 0.4) is 0 Å². The molecule has 0 amide bonds. The molecule has 2 aliphatic rings. The van der Waals surface area contributed by atoms with Gasteiger partial charge in [-0.2, -0.15) is 4.98 Å². The largest absolute Gasteiger partial charge is 0.356 e. The Labute approximate surface area is 186 Å². The molecule has 0 bridgehead atoms. The molecule has 2 heterocycles. The summed E-state index contributed by atoms with van der Waals surface area (Å²) in [7, 11) is 1.83. The van der Waals surface area contributed by atoms with Crippen LogP contribution in [0.1, 0.15) is 76.4 Å². The van der Waals surface area contributed by atoms with Crippen molar-refractivity contribution in [3.8, 4) is 0 Å². The van der Waals surface area contributed by atoms with Crippen LogP contribution in [-0.4, -0.2) is 59.8 Å². The number of piperidine rings is 1. The monoisotopic (exact) mass is 504 g/mol. The van der Waals surface area contributed by atoms with Gasteiger partial charge in [-0.25, -0.2) is 0 Å². The second-order valence-corrected chi connectivity index (χ2v) is 8.20. The van der Waals surface area contributed by atoms with Crippen LogP contribution >= 0.6 is 24.0 Å². The SMILES string of the molecule is CN=C(NCCc1nc(C(C)C)no1)NC1CCN(C2CCCCC2)CC1.I. The van der Waals surface area contributed by atoms with Gasteiger partial charge < -0.3 is 20.1 Å². The highest BCUT2D eigenvalue weighted by Crippen LogP contribution is 2.25. The maximum Gasteiger partial charge on any atom is 0.228 e. The Morgan fingerprint density at radius 1 is 1.18 bits per heavy atom. The third-order valence-corrected chi connectivity index (χ3v) is 5.82. The van der Waals surface area contributed by atoms with Crippen LogP contribution in [0, 0.1) is 0 Å². The number of guanidine groups is 1. The van der Waals surface area contributed by atoms with Gasteiger partial charge in [0.05, 0.1) is 0 Å². The molecule has 0 aromatic carbocycles. The molecular formula is C20H37IN6O. The van der Waals surface area contributed by atoms with Crippen LogP contribution in [-0.2, 0) is 6.42 Å². The number of nitrogens with one attached hydrogen (secondary N) is 2. The maximum atomic E-state index is 5.29. The lowest BCUT2D eigenvalue weighted by atomic mass is 9.92. The van der Waals surface area contributed by atoms with Crippen LogP contribution in [0.25, 0.3) is 0 Å². The number of rotatable bonds is 6. The van der Waals surface area contributed by atoms with E-state index < -0.39 is 0 Å². The fraction of sp³-hybridized carbons (Fsp3) is 0.850. The average molecular weight is 504 g/mol. The van der Waals surface area contributed by atoms with E-state index in [4.69, 9.17) is 4.52 Å². The number of hydrogen-bond donors (Lipinski definition) is 2. The number of aliphatic imine (C=N–C) groups is 1. The summed E-state index contributed by atoms with van der Waals surface area (Å²) in [5.41, 5.74) is 0. The van der Waals surface area contributed by atoms with E-state index in [2.05, 4.69) is 44.5 Å². The quantitative estimate of drug-likeness (QED) is 0.352. The molecule has 0 spiro atoms. The zero-order valence-corrected chi connectivity index (χ0v) is 19.9. The van der Waals surface area contributed by atoms with Crippen LogP contribution in [0.2, 0.25) is 0 Å². The summed E-state index contributed by atoms with van der Waals surface area (Å²) in [5.74, 6) is 2.62. The highest BCUT2D eigenvalue weighted by Gasteiger charge is 2.26. The van der Waals surface area contributed by atoms with Crippen molar-refractivity contribution in [2.24, 2.45) is 4.99 Å². The number of hydrogen-bond acceptors (Lipinski definition) is 5. The second kappa shape index (κ2) is 11.9. The van der Waals surface area contributed by atoms with Gasteiger partial charge in [-0.3, -0.25) is 4.99 Å². The third kappa shape index (κ3) is 6.86. The topological polar surface area (TPSA) is 78.6 Å². The first-order chi connectivity index (χ1) is 13.2. The first-order valence-corrected chi connectivity index (χ1v) is 10.7. The van der Waals surface area contributed by atoms with Crippen molar-refractivity contribution in [2.45, 2.75) is 83.2 Å². The zero-order valence-electron chi connectivity index (χ0n) is 17.6. The van der Waals surface area contributed by atoms with Crippen molar-refractivity contribution in [1.82, 2.24) is 25.7 Å². The van der Waals surface area contributed by atoms with Gasteiger partial charge in [0.15, 0.2) is 11.8 Å². The molecule has 7 nitrogen and oxygen atoms in total. The van der Waals surface area contributed by atoms with Crippen molar-refractivity contribution in [3.63, 3.8) is 0 Å². The molecule has 1 aromatic rings. The number of nitrogens with zero attached hydrogens (tertiary/aromatic N) is 4. The van der Waals surface area contributed by atoms with Crippen LogP contribution in [0.15, 0.2) is 9.52 Å². The molecule has 0 unspecified atom stereocenters. The maximum absolute atomic E-state index is 5.29. The molecule has 1 aliphatic carbocycles.